The van der Waals surface area contributed by atoms with Gasteiger partial charge in [0.15, 0.2) is 0 Å². The molecule has 0 amide bonds. The van der Waals surface area contributed by atoms with E-state index in [2.05, 4.69) is 6.92 Å². The van der Waals surface area contributed by atoms with Crippen molar-refractivity contribution in [1.29, 1.82) is 0 Å². The number of hydrogen-bond donors (Lipinski definition) is 1. The van der Waals surface area contributed by atoms with Crippen molar-refractivity contribution in [3.63, 3.8) is 0 Å². The van der Waals surface area contributed by atoms with Gasteiger partial charge in [-0.05, 0) is 6.42 Å². The van der Waals surface area contributed by atoms with Gasteiger partial charge in [0.25, 0.3) is 0 Å². The van der Waals surface area contributed by atoms with Crippen molar-refractivity contribution in [3.8, 4) is 0 Å². The normalized spacial score (nSPS) is 8.18. The van der Waals surface area contributed by atoms with Gasteiger partial charge in [-0.15, -0.1) is 0 Å². The van der Waals surface area contributed by atoms with E-state index in [0.29, 0.717) is 6.61 Å². The molecule has 0 aliphatic heterocycles. The summed E-state index contributed by atoms with van der Waals surface area (Å²) < 4.78 is 0. The van der Waals surface area contributed by atoms with E-state index in [0.717, 1.165) is 6.42 Å². The number of aliphatic hydroxyl groups excluding tert-OH is 1. The van der Waals surface area contributed by atoms with Crippen molar-refractivity contribution in [2.75, 3.05) is 6.61 Å². The van der Waals surface area contributed by atoms with E-state index in [1.165, 1.54) is 32.1 Å². The van der Waals surface area contributed by atoms with Crippen molar-refractivity contribution in [2.24, 2.45) is 0 Å². The molecule has 0 atom stereocenters. The molecule has 3 N–H and O–H groups in total. The van der Waals surface area contributed by atoms with Crippen LogP contribution in [0.3, 0.4) is 0 Å². The first kappa shape index (κ1) is 17.7. The molecular formula is C8H22O2Sn. The van der Waals surface area contributed by atoms with Crippen LogP contribution in [-0.2, 0) is 0 Å². The van der Waals surface area contributed by atoms with E-state index in [-0.39, 0.29) is 30.8 Å². The molecule has 0 aromatic rings. The summed E-state index contributed by atoms with van der Waals surface area (Å²) in [4.78, 5) is 0. The summed E-state index contributed by atoms with van der Waals surface area (Å²) in [6.07, 6.45) is 7.50. The Morgan fingerprint density at radius 1 is 1.00 bits per heavy atom. The van der Waals surface area contributed by atoms with Gasteiger partial charge in [-0.2, -0.15) is 0 Å². The van der Waals surface area contributed by atoms with Gasteiger partial charge in [0, 0.05) is 31.9 Å². The van der Waals surface area contributed by atoms with Crippen LogP contribution in [0.5, 0.6) is 0 Å². The number of aliphatic hydroxyl groups is 1. The Bertz CT molecular complexity index is 50.3. The molecule has 0 spiro atoms. The Labute approximate surface area is 88.1 Å². The van der Waals surface area contributed by atoms with Crippen LogP contribution in [0.15, 0.2) is 0 Å². The Kier molecular flexibility index (Phi) is 27.4. The number of hydrogen-bond acceptors (Lipinski definition) is 1. The molecule has 0 unspecified atom stereocenters. The Balaban J connectivity index is -0.000000107. The summed E-state index contributed by atoms with van der Waals surface area (Å²) in [6, 6.07) is 0. The monoisotopic (exact) mass is 270 g/mol. The largest absolute Gasteiger partial charge is 0.412 e. The number of unbranched alkanes of at least 4 members (excludes halogenated alkanes) is 5. The zero-order chi connectivity index (χ0) is 6.95. The van der Waals surface area contributed by atoms with Crippen molar-refractivity contribution in [3.05, 3.63) is 0 Å². The molecule has 4 radical (unpaired) electrons. The second-order valence-corrected chi connectivity index (χ2v) is 2.49. The van der Waals surface area contributed by atoms with Gasteiger partial charge in [-0.25, -0.2) is 0 Å². The van der Waals surface area contributed by atoms with Crippen LogP contribution >= 0.6 is 0 Å². The molecule has 0 fully saturated rings. The molecule has 0 rings (SSSR count). The predicted octanol–water partition coefficient (Wildman–Crippen LogP) is 1.38. The van der Waals surface area contributed by atoms with Crippen LogP contribution in [0.2, 0.25) is 0 Å². The van der Waals surface area contributed by atoms with E-state index in [9.17, 15) is 0 Å². The molecule has 3 heteroatoms. The molecule has 0 aromatic carbocycles. The molecule has 0 aromatic heterocycles. The first-order chi connectivity index (χ1) is 4.41. The van der Waals surface area contributed by atoms with Crippen molar-refractivity contribution in [1.82, 2.24) is 0 Å². The molecule has 0 saturated carbocycles. The van der Waals surface area contributed by atoms with Gasteiger partial charge >= 0.3 is 0 Å². The van der Waals surface area contributed by atoms with Crippen molar-refractivity contribution in [2.45, 2.75) is 45.4 Å². The topological polar surface area (TPSA) is 51.7 Å². The molecular weight excluding hydrogens is 247 g/mol. The summed E-state index contributed by atoms with van der Waals surface area (Å²) in [7, 11) is 0. The molecule has 0 heterocycles. The predicted molar refractivity (Wildman–Crippen MR) is 51.9 cm³/mol. The number of rotatable bonds is 6. The van der Waals surface area contributed by atoms with E-state index >= 15 is 0 Å². The minimum absolute atomic E-state index is 0. The van der Waals surface area contributed by atoms with Crippen LogP contribution in [0.25, 0.3) is 0 Å². The molecule has 0 saturated heterocycles. The van der Waals surface area contributed by atoms with Crippen LogP contribution in [0, 0.1) is 0 Å². The summed E-state index contributed by atoms with van der Waals surface area (Å²) in [5, 5.41) is 8.42. The van der Waals surface area contributed by atoms with Crippen LogP contribution in [-0.4, -0.2) is 41.1 Å². The quantitative estimate of drug-likeness (QED) is 0.574. The van der Waals surface area contributed by atoms with Gasteiger partial charge in [0.05, 0.1) is 0 Å². The fraction of sp³-hybridized carbons (Fsp3) is 1.00. The average molecular weight is 269 g/mol. The van der Waals surface area contributed by atoms with E-state index in [1.807, 2.05) is 0 Å². The third-order valence-corrected chi connectivity index (χ3v) is 1.51. The first-order valence-electron chi connectivity index (χ1n) is 4.02. The van der Waals surface area contributed by atoms with Gasteiger partial charge < -0.3 is 10.6 Å². The van der Waals surface area contributed by atoms with Crippen LogP contribution < -0.4 is 0 Å². The molecule has 70 valence electrons. The van der Waals surface area contributed by atoms with Crippen molar-refractivity contribution < 1.29 is 12.0 Å². The van der Waals surface area contributed by atoms with Gasteiger partial charge in [-0.1, -0.05) is 39.0 Å². The fourth-order valence-electron chi connectivity index (χ4n) is 0.892. The Morgan fingerprint density at radius 3 is 1.91 bits per heavy atom. The minimum atomic E-state index is 0. The summed E-state index contributed by atoms with van der Waals surface area (Å²) in [6.45, 7) is 2.58. The Morgan fingerprint density at radius 2 is 1.45 bits per heavy atom. The molecule has 2 nitrogen and oxygen atoms in total. The van der Waals surface area contributed by atoms with Gasteiger partial charge in [0.1, 0.15) is 0 Å². The first-order valence-corrected chi connectivity index (χ1v) is 4.02. The van der Waals surface area contributed by atoms with Crippen LogP contribution in [0.1, 0.15) is 46.9 Å². The molecule has 0 aliphatic rings. The standard InChI is InChI=1S/C8H18O.H2O.Sn.H2/c1-2-3-4-5-6-7-8-9;;;/h9H,2-8H2,1H3;1H2;;1H. The van der Waals surface area contributed by atoms with Gasteiger partial charge in [0.2, 0.25) is 0 Å². The smallest absolute Gasteiger partial charge is 0.0431 e. The SMILES string of the molecule is CCCCCCCCO.O.[HH].[Sn]. The summed E-state index contributed by atoms with van der Waals surface area (Å²) in [5.41, 5.74) is 0. The zero-order valence-electron chi connectivity index (χ0n) is 7.40. The van der Waals surface area contributed by atoms with Crippen LogP contribution in [0.4, 0.5) is 0 Å². The molecule has 0 bridgehead atoms. The Hall–Kier alpha value is 0.719. The summed E-state index contributed by atoms with van der Waals surface area (Å²) >= 11 is 0. The summed E-state index contributed by atoms with van der Waals surface area (Å²) in [5.74, 6) is 0. The van der Waals surface area contributed by atoms with E-state index < -0.39 is 0 Å². The average Bonchev–Trinajstić information content (AvgIpc) is 1.89. The van der Waals surface area contributed by atoms with E-state index in [1.54, 1.807) is 0 Å². The van der Waals surface area contributed by atoms with Gasteiger partial charge in [-0.3, -0.25) is 0 Å². The molecule has 11 heavy (non-hydrogen) atoms. The minimum Gasteiger partial charge on any atom is -0.412 e. The maximum absolute atomic E-state index is 8.42. The van der Waals surface area contributed by atoms with E-state index in [4.69, 9.17) is 5.11 Å². The zero-order valence-corrected chi connectivity index (χ0v) is 10.3. The van der Waals surface area contributed by atoms with Crippen molar-refractivity contribution >= 4 is 23.9 Å². The molecule has 0 aliphatic carbocycles. The maximum atomic E-state index is 8.42. The maximum Gasteiger partial charge on any atom is 0.0431 e. The fourth-order valence-corrected chi connectivity index (χ4v) is 0.892. The third kappa shape index (κ3) is 18.0. The second kappa shape index (κ2) is 17.0. The second-order valence-electron chi connectivity index (χ2n) is 2.49. The third-order valence-electron chi connectivity index (χ3n) is 1.51.